The molecule has 0 amide bonds. The zero-order valence-corrected chi connectivity index (χ0v) is 25.2. The van der Waals surface area contributed by atoms with Crippen molar-refractivity contribution in [1.82, 2.24) is 4.31 Å². The highest BCUT2D eigenvalue weighted by atomic mass is 32.2. The summed E-state index contributed by atoms with van der Waals surface area (Å²) < 4.78 is 36.7. The van der Waals surface area contributed by atoms with Crippen LogP contribution in [0, 0.1) is 0 Å². The van der Waals surface area contributed by atoms with Crippen LogP contribution in [-0.4, -0.2) is 36.7 Å². The second-order valence-electron chi connectivity index (χ2n) is 10.5. The molecule has 1 atom stereocenters. The van der Waals surface area contributed by atoms with Crippen molar-refractivity contribution in [3.05, 3.63) is 83.4 Å². The van der Waals surface area contributed by atoms with E-state index in [2.05, 4.69) is 26.0 Å². The van der Waals surface area contributed by atoms with E-state index in [1.165, 1.54) is 17.8 Å². The molecule has 0 aromatic heterocycles. The number of methoxy groups -OCH3 is 1. The van der Waals surface area contributed by atoms with Gasteiger partial charge in [0.2, 0.25) is 10.0 Å². The van der Waals surface area contributed by atoms with Crippen LogP contribution in [0.25, 0.3) is 0 Å². The Morgan fingerprint density at radius 3 is 2.21 bits per heavy atom. The smallest absolute Gasteiger partial charge is 0.244 e. The average molecular weight is 568 g/mol. The normalized spacial score (nSPS) is 18.3. The van der Waals surface area contributed by atoms with Crippen LogP contribution >= 0.6 is 11.8 Å². The van der Waals surface area contributed by atoms with Crippen LogP contribution in [-0.2, 0) is 16.6 Å². The van der Waals surface area contributed by atoms with Gasteiger partial charge in [-0.15, -0.1) is 11.8 Å². The summed E-state index contributed by atoms with van der Waals surface area (Å²) in [4.78, 5) is 0.913. The Labute approximate surface area is 238 Å². The van der Waals surface area contributed by atoms with E-state index in [-0.39, 0.29) is 23.1 Å². The Bertz CT molecular complexity index is 1330. The molecule has 0 saturated carbocycles. The molecule has 0 spiro atoms. The number of unbranched alkanes of at least 4 members (excludes halogenated alkanes) is 2. The Kier molecular flexibility index (Phi) is 9.68. The van der Waals surface area contributed by atoms with Crippen LogP contribution in [0.4, 0.5) is 0 Å². The number of sulfonamides is 1. The molecule has 0 fully saturated rings. The van der Waals surface area contributed by atoms with Gasteiger partial charge in [0, 0.05) is 29.0 Å². The van der Waals surface area contributed by atoms with Gasteiger partial charge in [0.15, 0.2) is 0 Å². The molecule has 1 heterocycles. The van der Waals surface area contributed by atoms with Gasteiger partial charge in [0.05, 0.1) is 12.0 Å². The molecule has 0 bridgehead atoms. The molecule has 1 aliphatic heterocycles. The number of ether oxygens (including phenoxy) is 1. The summed E-state index contributed by atoms with van der Waals surface area (Å²) in [7, 11) is -2.33. The number of nitrogens with zero attached hydrogens (tertiary/aromatic N) is 1. The van der Waals surface area contributed by atoms with E-state index in [9.17, 15) is 13.5 Å². The van der Waals surface area contributed by atoms with Gasteiger partial charge >= 0.3 is 0 Å². The summed E-state index contributed by atoms with van der Waals surface area (Å²) in [6.45, 7) is 4.60. The molecule has 0 aliphatic carbocycles. The molecule has 1 N–H and O–H groups in total. The fourth-order valence-electron chi connectivity index (χ4n) is 5.91. The molecule has 210 valence electrons. The minimum absolute atomic E-state index is 0.00986. The van der Waals surface area contributed by atoms with Crippen LogP contribution in [0.3, 0.4) is 0 Å². The van der Waals surface area contributed by atoms with Gasteiger partial charge in [-0.2, -0.15) is 4.31 Å². The number of phenolic OH excluding ortho intramolecular Hbond substituents is 1. The summed E-state index contributed by atoms with van der Waals surface area (Å²) >= 11 is 1.44. The first-order valence-electron chi connectivity index (χ1n) is 13.9. The molecule has 5 nitrogen and oxygen atoms in total. The highest BCUT2D eigenvalue weighted by Crippen LogP contribution is 2.50. The standard InChI is InChI=1S/C32H41NO4S2/c1-5-7-18-32(19-8-6-2)22-28(25-12-10-9-11-13-25)27-20-30(38-4)29(34)21-31(27)39(35,36)33(32)23-24-14-16-26(37-3)17-15-24/h9-17,20-21,28,34H,5-8,18-19,22-23H2,1-4H3. The molecular weight excluding hydrogens is 526 g/mol. The van der Waals surface area contributed by atoms with E-state index in [0.717, 1.165) is 61.0 Å². The fourth-order valence-corrected chi connectivity index (χ4v) is 8.51. The minimum Gasteiger partial charge on any atom is -0.507 e. The molecule has 1 aliphatic rings. The Hall–Kier alpha value is -2.48. The molecule has 3 aromatic rings. The van der Waals surface area contributed by atoms with Crippen molar-refractivity contribution in [1.29, 1.82) is 0 Å². The topological polar surface area (TPSA) is 66.8 Å². The maximum Gasteiger partial charge on any atom is 0.244 e. The third kappa shape index (κ3) is 6.16. The van der Waals surface area contributed by atoms with Crippen LogP contribution in [0.5, 0.6) is 11.5 Å². The first-order chi connectivity index (χ1) is 18.8. The molecule has 4 rings (SSSR count). The van der Waals surface area contributed by atoms with E-state index >= 15 is 0 Å². The number of fused-ring (bicyclic) bond motifs is 1. The van der Waals surface area contributed by atoms with E-state index in [4.69, 9.17) is 4.74 Å². The number of benzene rings is 3. The number of phenols is 1. The predicted octanol–water partition coefficient (Wildman–Crippen LogP) is 7.97. The van der Waals surface area contributed by atoms with Crippen molar-refractivity contribution in [2.45, 2.75) is 86.6 Å². The summed E-state index contributed by atoms with van der Waals surface area (Å²) in [5, 5.41) is 10.9. The lowest BCUT2D eigenvalue weighted by atomic mass is 9.75. The monoisotopic (exact) mass is 567 g/mol. The van der Waals surface area contributed by atoms with Crippen LogP contribution in [0.15, 0.2) is 76.5 Å². The number of thioether (sulfide) groups is 1. The maximum absolute atomic E-state index is 14.8. The van der Waals surface area contributed by atoms with Crippen molar-refractivity contribution in [3.63, 3.8) is 0 Å². The molecule has 3 aromatic carbocycles. The summed E-state index contributed by atoms with van der Waals surface area (Å²) in [5.74, 6) is 0.636. The van der Waals surface area contributed by atoms with E-state index < -0.39 is 15.6 Å². The van der Waals surface area contributed by atoms with Crippen molar-refractivity contribution in [2.24, 2.45) is 0 Å². The van der Waals surface area contributed by atoms with Crippen molar-refractivity contribution >= 4 is 21.8 Å². The molecule has 7 heteroatoms. The Morgan fingerprint density at radius 2 is 1.64 bits per heavy atom. The largest absolute Gasteiger partial charge is 0.507 e. The summed E-state index contributed by atoms with van der Waals surface area (Å²) in [6.07, 6.45) is 8.05. The van der Waals surface area contributed by atoms with Crippen molar-refractivity contribution in [3.8, 4) is 11.5 Å². The number of hydrogen-bond donors (Lipinski definition) is 1. The zero-order valence-electron chi connectivity index (χ0n) is 23.5. The quantitative estimate of drug-likeness (QED) is 0.238. The lowest BCUT2D eigenvalue weighted by Crippen LogP contribution is -2.51. The van der Waals surface area contributed by atoms with Crippen LogP contribution in [0.1, 0.15) is 81.4 Å². The van der Waals surface area contributed by atoms with Gasteiger partial charge in [-0.3, -0.25) is 0 Å². The highest BCUT2D eigenvalue weighted by molar-refractivity contribution is 7.98. The number of hydrogen-bond acceptors (Lipinski definition) is 5. The summed E-state index contributed by atoms with van der Waals surface area (Å²) in [5.41, 5.74) is 2.23. The Morgan fingerprint density at radius 1 is 1.00 bits per heavy atom. The van der Waals surface area contributed by atoms with Crippen molar-refractivity contribution in [2.75, 3.05) is 13.4 Å². The van der Waals surface area contributed by atoms with E-state index in [1.807, 2.05) is 54.8 Å². The zero-order chi connectivity index (χ0) is 28.0. The van der Waals surface area contributed by atoms with Crippen LogP contribution in [0.2, 0.25) is 0 Å². The SMILES string of the molecule is CCCCC1(CCCC)CC(c2ccccc2)c2cc(SC)c(O)cc2S(=O)(=O)N1Cc1ccc(OC)cc1. The van der Waals surface area contributed by atoms with Crippen molar-refractivity contribution < 1.29 is 18.3 Å². The molecule has 39 heavy (non-hydrogen) atoms. The first kappa shape index (κ1) is 29.5. The van der Waals surface area contributed by atoms with Gasteiger partial charge in [0.1, 0.15) is 11.5 Å². The summed E-state index contributed by atoms with van der Waals surface area (Å²) in [6, 6.07) is 21.3. The predicted molar refractivity (Wildman–Crippen MR) is 160 cm³/mol. The first-order valence-corrected chi connectivity index (χ1v) is 16.6. The average Bonchev–Trinajstić information content (AvgIpc) is 3.03. The number of rotatable bonds is 11. The number of aromatic hydroxyl groups is 1. The third-order valence-corrected chi connectivity index (χ3v) is 10.8. The minimum atomic E-state index is -3.96. The van der Waals surface area contributed by atoms with Gasteiger partial charge in [-0.25, -0.2) is 8.42 Å². The lowest BCUT2D eigenvalue weighted by Gasteiger charge is -2.44. The van der Waals surface area contributed by atoms with E-state index in [1.54, 1.807) is 11.4 Å². The molecule has 0 radical (unpaired) electrons. The maximum atomic E-state index is 14.8. The second kappa shape index (κ2) is 12.8. The second-order valence-corrected chi connectivity index (χ2v) is 13.2. The van der Waals surface area contributed by atoms with Gasteiger partial charge in [-0.1, -0.05) is 82.0 Å². The Balaban J connectivity index is 1.99. The third-order valence-electron chi connectivity index (χ3n) is 8.05. The van der Waals surface area contributed by atoms with Gasteiger partial charge in [-0.05, 0) is 60.4 Å². The van der Waals surface area contributed by atoms with Gasteiger partial charge < -0.3 is 9.84 Å². The molecule has 0 saturated heterocycles. The lowest BCUT2D eigenvalue weighted by molar-refractivity contribution is 0.129. The van der Waals surface area contributed by atoms with Crippen LogP contribution < -0.4 is 4.74 Å². The highest BCUT2D eigenvalue weighted by Gasteiger charge is 2.49. The van der Waals surface area contributed by atoms with E-state index in [0.29, 0.717) is 11.3 Å². The molecular formula is C32H41NO4S2. The molecule has 1 unspecified atom stereocenters. The fraction of sp³-hybridized carbons (Fsp3) is 0.438. The van der Waals surface area contributed by atoms with Gasteiger partial charge in [0.25, 0.3) is 0 Å².